The molecule has 0 saturated heterocycles. The second-order valence-corrected chi connectivity index (χ2v) is 5.27. The van der Waals surface area contributed by atoms with E-state index in [0.717, 1.165) is 17.1 Å². The van der Waals surface area contributed by atoms with Crippen LogP contribution in [0.2, 0.25) is 0 Å². The van der Waals surface area contributed by atoms with Crippen LogP contribution in [0, 0.1) is 6.92 Å². The standard InChI is InChI=1S/C12H13N3OS/c1-7-11-8(9-4-3-5-17-9)6-10(16)13-12(11)15(2)14-7/h3-5,8H,6H2,1-2H3,(H,13,16)/t8-/m1/s1. The quantitative estimate of drug-likeness (QED) is 0.840. The van der Waals surface area contributed by atoms with Crippen LogP contribution in [0.1, 0.15) is 28.5 Å². The maximum Gasteiger partial charge on any atom is 0.226 e. The molecule has 1 aliphatic rings. The Labute approximate surface area is 103 Å². The number of thiophene rings is 1. The van der Waals surface area contributed by atoms with Crippen LogP contribution in [-0.2, 0) is 11.8 Å². The lowest BCUT2D eigenvalue weighted by Crippen LogP contribution is -2.24. The molecule has 5 heteroatoms. The minimum atomic E-state index is 0.0684. The first-order chi connectivity index (χ1) is 8.16. The van der Waals surface area contributed by atoms with Gasteiger partial charge in [0.1, 0.15) is 5.82 Å². The Balaban J connectivity index is 2.17. The van der Waals surface area contributed by atoms with E-state index in [0.29, 0.717) is 6.42 Å². The Morgan fingerprint density at radius 1 is 1.59 bits per heavy atom. The zero-order chi connectivity index (χ0) is 12.0. The molecule has 0 fully saturated rings. The number of amides is 1. The molecular weight excluding hydrogens is 234 g/mol. The Hall–Kier alpha value is -1.62. The van der Waals surface area contributed by atoms with Gasteiger partial charge in [-0.1, -0.05) is 6.07 Å². The summed E-state index contributed by atoms with van der Waals surface area (Å²) in [6.45, 7) is 2.00. The van der Waals surface area contributed by atoms with Gasteiger partial charge in [-0.3, -0.25) is 9.48 Å². The minimum absolute atomic E-state index is 0.0684. The van der Waals surface area contributed by atoms with Crippen LogP contribution < -0.4 is 5.32 Å². The first-order valence-electron chi connectivity index (χ1n) is 5.53. The number of hydrogen-bond donors (Lipinski definition) is 1. The van der Waals surface area contributed by atoms with Gasteiger partial charge in [0, 0.05) is 29.8 Å². The predicted molar refractivity (Wildman–Crippen MR) is 67.4 cm³/mol. The first kappa shape index (κ1) is 10.5. The van der Waals surface area contributed by atoms with Crippen LogP contribution in [0.25, 0.3) is 0 Å². The molecule has 1 N–H and O–H groups in total. The van der Waals surface area contributed by atoms with Gasteiger partial charge in [0.25, 0.3) is 0 Å². The van der Waals surface area contributed by atoms with E-state index < -0.39 is 0 Å². The van der Waals surface area contributed by atoms with Gasteiger partial charge in [0.15, 0.2) is 0 Å². The third kappa shape index (κ3) is 1.58. The van der Waals surface area contributed by atoms with Crippen molar-refractivity contribution in [3.63, 3.8) is 0 Å². The third-order valence-electron chi connectivity index (χ3n) is 3.15. The van der Waals surface area contributed by atoms with Crippen molar-refractivity contribution in [2.45, 2.75) is 19.3 Å². The molecule has 0 aromatic carbocycles. The molecule has 3 rings (SSSR count). The Morgan fingerprint density at radius 2 is 2.41 bits per heavy atom. The largest absolute Gasteiger partial charge is 0.311 e. The van der Waals surface area contributed by atoms with Crippen LogP contribution in [0.15, 0.2) is 17.5 Å². The van der Waals surface area contributed by atoms with Crippen molar-refractivity contribution in [2.75, 3.05) is 5.32 Å². The van der Waals surface area contributed by atoms with Gasteiger partial charge >= 0.3 is 0 Å². The number of nitrogens with zero attached hydrogens (tertiary/aromatic N) is 2. The molecule has 17 heavy (non-hydrogen) atoms. The Morgan fingerprint density at radius 3 is 3.12 bits per heavy atom. The summed E-state index contributed by atoms with van der Waals surface area (Å²) in [5.41, 5.74) is 2.16. The number of fused-ring (bicyclic) bond motifs is 1. The minimum Gasteiger partial charge on any atom is -0.311 e. The van der Waals surface area contributed by atoms with Gasteiger partial charge in [-0.15, -0.1) is 11.3 Å². The SMILES string of the molecule is Cc1nn(C)c2c1[C@@H](c1cccs1)CC(=O)N2. The molecule has 0 spiro atoms. The molecule has 0 saturated carbocycles. The van der Waals surface area contributed by atoms with Gasteiger partial charge in [-0.2, -0.15) is 5.10 Å². The summed E-state index contributed by atoms with van der Waals surface area (Å²) in [4.78, 5) is 13.0. The average Bonchev–Trinajstić information content (AvgIpc) is 2.88. The van der Waals surface area contributed by atoms with Gasteiger partial charge in [-0.25, -0.2) is 0 Å². The summed E-state index contributed by atoms with van der Waals surface area (Å²) in [5.74, 6) is 1.07. The normalized spacial score (nSPS) is 18.9. The number of aromatic nitrogens is 2. The number of anilines is 1. The van der Waals surface area contributed by atoms with Crippen molar-refractivity contribution in [1.82, 2.24) is 9.78 Å². The summed E-state index contributed by atoms with van der Waals surface area (Å²) in [5, 5.41) is 9.35. The highest BCUT2D eigenvalue weighted by Crippen LogP contribution is 2.40. The van der Waals surface area contributed by atoms with Crippen molar-refractivity contribution in [2.24, 2.45) is 7.05 Å². The molecule has 88 valence electrons. The molecule has 1 aliphatic heterocycles. The highest BCUT2D eigenvalue weighted by atomic mass is 32.1. The summed E-state index contributed by atoms with van der Waals surface area (Å²) in [7, 11) is 1.86. The topological polar surface area (TPSA) is 46.9 Å². The number of aryl methyl sites for hydroxylation is 2. The molecule has 0 bridgehead atoms. The smallest absolute Gasteiger partial charge is 0.226 e. The number of carbonyl (C=O) groups excluding carboxylic acids is 1. The van der Waals surface area contributed by atoms with Crippen LogP contribution >= 0.6 is 11.3 Å². The second-order valence-electron chi connectivity index (χ2n) is 4.29. The molecule has 2 aromatic heterocycles. The molecule has 4 nitrogen and oxygen atoms in total. The van der Waals surface area contributed by atoms with E-state index in [9.17, 15) is 4.79 Å². The van der Waals surface area contributed by atoms with E-state index in [1.807, 2.05) is 25.4 Å². The average molecular weight is 247 g/mol. The molecule has 3 heterocycles. The van der Waals surface area contributed by atoms with Crippen LogP contribution in [0.5, 0.6) is 0 Å². The summed E-state index contributed by atoms with van der Waals surface area (Å²) in [6, 6.07) is 4.11. The summed E-state index contributed by atoms with van der Waals surface area (Å²) in [6.07, 6.45) is 0.514. The lowest BCUT2D eigenvalue weighted by Gasteiger charge is -2.22. The first-order valence-corrected chi connectivity index (χ1v) is 6.41. The van der Waals surface area contributed by atoms with E-state index in [1.54, 1.807) is 16.0 Å². The number of nitrogens with one attached hydrogen (secondary N) is 1. The van der Waals surface area contributed by atoms with Gasteiger partial charge in [0.05, 0.1) is 5.69 Å². The third-order valence-corrected chi connectivity index (χ3v) is 4.14. The number of hydrogen-bond acceptors (Lipinski definition) is 3. The van der Waals surface area contributed by atoms with E-state index in [1.165, 1.54) is 4.88 Å². The highest BCUT2D eigenvalue weighted by Gasteiger charge is 2.31. The van der Waals surface area contributed by atoms with E-state index >= 15 is 0 Å². The molecule has 1 amide bonds. The number of rotatable bonds is 1. The molecule has 0 radical (unpaired) electrons. The van der Waals surface area contributed by atoms with E-state index in [-0.39, 0.29) is 11.8 Å². The van der Waals surface area contributed by atoms with Gasteiger partial charge in [0.2, 0.25) is 5.91 Å². The van der Waals surface area contributed by atoms with Crippen LogP contribution in [0.4, 0.5) is 5.82 Å². The molecule has 0 unspecified atom stereocenters. The van der Waals surface area contributed by atoms with Crippen molar-refractivity contribution < 1.29 is 4.79 Å². The monoisotopic (exact) mass is 247 g/mol. The fraction of sp³-hybridized carbons (Fsp3) is 0.333. The van der Waals surface area contributed by atoms with Gasteiger partial charge in [-0.05, 0) is 18.4 Å². The Bertz CT molecular complexity index is 571. The maximum atomic E-state index is 11.7. The summed E-state index contributed by atoms with van der Waals surface area (Å²) >= 11 is 1.70. The zero-order valence-corrected chi connectivity index (χ0v) is 10.5. The molecule has 1 atom stereocenters. The lowest BCUT2D eigenvalue weighted by molar-refractivity contribution is -0.116. The lowest BCUT2D eigenvalue weighted by atomic mass is 9.91. The molecule has 0 aliphatic carbocycles. The summed E-state index contributed by atoms with van der Waals surface area (Å²) < 4.78 is 1.75. The highest BCUT2D eigenvalue weighted by molar-refractivity contribution is 7.10. The van der Waals surface area contributed by atoms with Crippen LogP contribution in [0.3, 0.4) is 0 Å². The second kappa shape index (κ2) is 3.70. The zero-order valence-electron chi connectivity index (χ0n) is 9.73. The predicted octanol–water partition coefficient (Wildman–Crippen LogP) is 2.26. The van der Waals surface area contributed by atoms with Crippen LogP contribution in [-0.4, -0.2) is 15.7 Å². The van der Waals surface area contributed by atoms with Crippen molar-refractivity contribution in [1.29, 1.82) is 0 Å². The Kier molecular flexibility index (Phi) is 2.29. The number of carbonyl (C=O) groups is 1. The molecular formula is C12H13N3OS. The maximum absolute atomic E-state index is 11.7. The van der Waals surface area contributed by atoms with Crippen molar-refractivity contribution in [3.8, 4) is 0 Å². The molecule has 2 aromatic rings. The fourth-order valence-electron chi connectivity index (χ4n) is 2.44. The van der Waals surface area contributed by atoms with E-state index in [2.05, 4.69) is 16.5 Å². The fourth-order valence-corrected chi connectivity index (χ4v) is 3.28. The van der Waals surface area contributed by atoms with Crippen molar-refractivity contribution >= 4 is 23.1 Å². The van der Waals surface area contributed by atoms with Crippen molar-refractivity contribution in [3.05, 3.63) is 33.6 Å². The van der Waals surface area contributed by atoms with E-state index in [4.69, 9.17) is 0 Å². The van der Waals surface area contributed by atoms with Gasteiger partial charge < -0.3 is 5.32 Å².